The van der Waals surface area contributed by atoms with Crippen molar-refractivity contribution in [3.05, 3.63) is 17.0 Å². The fraction of sp³-hybridized carbons (Fsp3) is 0.600. The Balaban J connectivity index is 2.88. The van der Waals surface area contributed by atoms with Gasteiger partial charge < -0.3 is 9.84 Å². The molecule has 0 saturated heterocycles. The summed E-state index contributed by atoms with van der Waals surface area (Å²) < 4.78 is 31.7. The van der Waals surface area contributed by atoms with Crippen LogP contribution in [-0.4, -0.2) is 32.8 Å². The van der Waals surface area contributed by atoms with Crippen LogP contribution >= 0.6 is 11.3 Å². The minimum atomic E-state index is -3.55. The lowest BCUT2D eigenvalue weighted by Gasteiger charge is -2.24. The van der Waals surface area contributed by atoms with E-state index in [0.29, 0.717) is 4.88 Å². The fourth-order valence-corrected chi connectivity index (χ4v) is 4.01. The number of rotatable bonds is 6. The third-order valence-electron chi connectivity index (χ3n) is 1.97. The van der Waals surface area contributed by atoms with E-state index in [1.54, 1.807) is 19.9 Å². The van der Waals surface area contributed by atoms with Gasteiger partial charge in [0, 0.05) is 12.0 Å². The van der Waals surface area contributed by atoms with Crippen LogP contribution in [0.15, 0.2) is 16.3 Å². The second-order valence-electron chi connectivity index (χ2n) is 4.30. The van der Waals surface area contributed by atoms with Crippen molar-refractivity contribution in [1.29, 1.82) is 0 Å². The highest BCUT2D eigenvalue weighted by molar-refractivity contribution is 7.91. The van der Waals surface area contributed by atoms with Gasteiger partial charge in [-0.2, -0.15) is 0 Å². The van der Waals surface area contributed by atoms with E-state index in [2.05, 4.69) is 4.72 Å². The molecular weight excluding hydrogens is 262 g/mol. The Morgan fingerprint density at radius 3 is 2.59 bits per heavy atom. The van der Waals surface area contributed by atoms with E-state index in [-0.39, 0.29) is 17.4 Å². The van der Waals surface area contributed by atoms with Crippen LogP contribution in [0.25, 0.3) is 0 Å². The molecule has 5 nitrogen and oxygen atoms in total. The Labute approximate surface area is 105 Å². The minimum Gasteiger partial charge on any atom is -0.391 e. The number of nitrogens with one attached hydrogen (secondary N) is 1. The molecule has 17 heavy (non-hydrogen) atoms. The molecule has 1 aromatic rings. The number of methoxy groups -OCH3 is 1. The van der Waals surface area contributed by atoms with Crippen LogP contribution < -0.4 is 4.72 Å². The number of ether oxygens (including phenoxy) is 1. The van der Waals surface area contributed by atoms with E-state index in [4.69, 9.17) is 9.84 Å². The molecule has 98 valence electrons. The van der Waals surface area contributed by atoms with Gasteiger partial charge in [-0.25, -0.2) is 13.1 Å². The van der Waals surface area contributed by atoms with E-state index in [0.717, 1.165) is 11.3 Å². The summed E-state index contributed by atoms with van der Waals surface area (Å²) >= 11 is 1.06. The van der Waals surface area contributed by atoms with E-state index < -0.39 is 15.6 Å². The number of aliphatic hydroxyl groups is 1. The van der Waals surface area contributed by atoms with Crippen LogP contribution in [0.3, 0.4) is 0 Å². The van der Waals surface area contributed by atoms with Crippen molar-refractivity contribution in [2.24, 2.45) is 0 Å². The standard InChI is InChI=1S/C10H17NO4S2/c1-10(2,7-15-3)11-17(13,14)9-5-4-8(6-12)16-9/h4-5,11-12H,6-7H2,1-3H3. The predicted octanol–water partition coefficient (Wildman–Crippen LogP) is 0.944. The Morgan fingerprint density at radius 1 is 1.47 bits per heavy atom. The van der Waals surface area contributed by atoms with Gasteiger partial charge in [0.1, 0.15) is 4.21 Å². The average Bonchev–Trinajstić information content (AvgIpc) is 2.64. The summed E-state index contributed by atoms with van der Waals surface area (Å²) in [6.45, 7) is 3.62. The second-order valence-corrected chi connectivity index (χ2v) is 7.38. The minimum absolute atomic E-state index is 0.151. The molecule has 7 heteroatoms. The Morgan fingerprint density at radius 2 is 2.12 bits per heavy atom. The van der Waals surface area contributed by atoms with Gasteiger partial charge in [0.05, 0.1) is 18.8 Å². The third kappa shape index (κ3) is 4.04. The van der Waals surface area contributed by atoms with Crippen molar-refractivity contribution in [2.75, 3.05) is 13.7 Å². The molecule has 1 rings (SSSR count). The first-order valence-corrected chi connectivity index (χ1v) is 7.33. The van der Waals surface area contributed by atoms with Gasteiger partial charge in [0.25, 0.3) is 10.0 Å². The molecule has 0 atom stereocenters. The zero-order valence-electron chi connectivity index (χ0n) is 10.1. The van der Waals surface area contributed by atoms with E-state index in [1.165, 1.54) is 13.2 Å². The molecule has 0 bridgehead atoms. The Hall–Kier alpha value is -0.470. The molecule has 1 heterocycles. The number of aliphatic hydroxyl groups excluding tert-OH is 1. The van der Waals surface area contributed by atoms with E-state index >= 15 is 0 Å². The predicted molar refractivity (Wildman–Crippen MR) is 66.5 cm³/mol. The van der Waals surface area contributed by atoms with Crippen LogP contribution in [0.4, 0.5) is 0 Å². The lowest BCUT2D eigenvalue weighted by Crippen LogP contribution is -2.46. The SMILES string of the molecule is COCC(C)(C)NS(=O)(=O)c1ccc(CO)s1. The van der Waals surface area contributed by atoms with Gasteiger partial charge in [-0.1, -0.05) is 0 Å². The first-order chi connectivity index (χ1) is 7.80. The molecule has 0 spiro atoms. The molecule has 0 aromatic carbocycles. The first kappa shape index (κ1) is 14.6. The van der Waals surface area contributed by atoms with Crippen molar-refractivity contribution in [1.82, 2.24) is 4.72 Å². The molecule has 2 N–H and O–H groups in total. The molecule has 0 aliphatic rings. The largest absolute Gasteiger partial charge is 0.391 e. The summed E-state index contributed by atoms with van der Waals surface area (Å²) in [5.41, 5.74) is -0.670. The maximum absolute atomic E-state index is 12.0. The first-order valence-electron chi connectivity index (χ1n) is 5.03. The molecular formula is C10H17NO4S2. The number of sulfonamides is 1. The Bertz CT molecular complexity index is 464. The van der Waals surface area contributed by atoms with Crippen molar-refractivity contribution < 1.29 is 18.3 Å². The van der Waals surface area contributed by atoms with Gasteiger partial charge >= 0.3 is 0 Å². The van der Waals surface area contributed by atoms with Crippen LogP contribution in [0, 0.1) is 0 Å². The summed E-state index contributed by atoms with van der Waals surface area (Å²) in [4.78, 5) is 0.620. The molecule has 0 amide bonds. The highest BCUT2D eigenvalue weighted by atomic mass is 32.2. The van der Waals surface area contributed by atoms with E-state index in [1.807, 2.05) is 0 Å². The molecule has 0 radical (unpaired) electrons. The van der Waals surface area contributed by atoms with Crippen molar-refractivity contribution >= 4 is 21.4 Å². The summed E-state index contributed by atoms with van der Waals surface area (Å²) in [5.74, 6) is 0. The normalized spacial score (nSPS) is 12.9. The third-order valence-corrected chi connectivity index (χ3v) is 5.23. The maximum Gasteiger partial charge on any atom is 0.250 e. The summed E-state index contributed by atoms with van der Waals surface area (Å²) in [6.07, 6.45) is 0. The topological polar surface area (TPSA) is 75.6 Å². The lowest BCUT2D eigenvalue weighted by molar-refractivity contribution is 0.141. The highest BCUT2D eigenvalue weighted by Gasteiger charge is 2.27. The van der Waals surface area contributed by atoms with Gasteiger partial charge in [-0.05, 0) is 26.0 Å². The fourth-order valence-electron chi connectivity index (χ4n) is 1.39. The molecule has 0 saturated carbocycles. The summed E-state index contributed by atoms with van der Waals surface area (Å²) in [6, 6.07) is 3.09. The molecule has 0 fully saturated rings. The second kappa shape index (κ2) is 5.45. The van der Waals surface area contributed by atoms with Crippen molar-refractivity contribution in [2.45, 2.75) is 30.2 Å². The quantitative estimate of drug-likeness (QED) is 0.812. The summed E-state index contributed by atoms with van der Waals surface area (Å²) in [7, 11) is -2.03. The maximum atomic E-state index is 12.0. The number of thiophene rings is 1. The molecule has 0 aliphatic heterocycles. The zero-order chi connectivity index (χ0) is 13.1. The van der Waals surface area contributed by atoms with Crippen LogP contribution in [0.2, 0.25) is 0 Å². The van der Waals surface area contributed by atoms with Gasteiger partial charge in [0.15, 0.2) is 0 Å². The van der Waals surface area contributed by atoms with Crippen molar-refractivity contribution in [3.8, 4) is 0 Å². The summed E-state index contributed by atoms with van der Waals surface area (Å²) in [5, 5.41) is 8.91. The number of hydrogen-bond donors (Lipinski definition) is 2. The molecule has 0 unspecified atom stereocenters. The monoisotopic (exact) mass is 279 g/mol. The van der Waals surface area contributed by atoms with Crippen LogP contribution in [-0.2, 0) is 21.4 Å². The van der Waals surface area contributed by atoms with Crippen molar-refractivity contribution in [3.63, 3.8) is 0 Å². The zero-order valence-corrected chi connectivity index (χ0v) is 11.7. The van der Waals surface area contributed by atoms with E-state index in [9.17, 15) is 8.42 Å². The highest BCUT2D eigenvalue weighted by Crippen LogP contribution is 2.22. The number of hydrogen-bond acceptors (Lipinski definition) is 5. The van der Waals surface area contributed by atoms with Gasteiger partial charge in [-0.15, -0.1) is 11.3 Å². The van der Waals surface area contributed by atoms with Crippen LogP contribution in [0.1, 0.15) is 18.7 Å². The lowest BCUT2D eigenvalue weighted by atomic mass is 10.1. The van der Waals surface area contributed by atoms with Crippen LogP contribution in [0.5, 0.6) is 0 Å². The molecule has 1 aromatic heterocycles. The average molecular weight is 279 g/mol. The van der Waals surface area contributed by atoms with Gasteiger partial charge in [-0.3, -0.25) is 0 Å². The van der Waals surface area contributed by atoms with Gasteiger partial charge in [0.2, 0.25) is 0 Å². The molecule has 0 aliphatic carbocycles. The smallest absolute Gasteiger partial charge is 0.250 e. The Kier molecular flexibility index (Phi) is 4.68.